The third-order valence-electron chi connectivity index (χ3n) is 2.92. The zero-order chi connectivity index (χ0) is 12.8. The van der Waals surface area contributed by atoms with Crippen molar-refractivity contribution in [1.82, 2.24) is 10.6 Å². The van der Waals surface area contributed by atoms with E-state index in [0.717, 1.165) is 25.0 Å². The minimum Gasteiger partial charge on any atom is -0.399 e. The molecule has 0 radical (unpaired) electrons. The molecule has 0 bridgehead atoms. The van der Waals surface area contributed by atoms with Crippen LogP contribution in [0.25, 0.3) is 0 Å². The van der Waals surface area contributed by atoms with Crippen LogP contribution in [0, 0.1) is 0 Å². The maximum Gasteiger partial charge on any atom is 0.315 e. The highest BCUT2D eigenvalue weighted by atomic mass is 16.5. The van der Waals surface area contributed by atoms with E-state index in [-0.39, 0.29) is 12.1 Å². The highest BCUT2D eigenvalue weighted by Gasteiger charge is 2.15. The summed E-state index contributed by atoms with van der Waals surface area (Å²) in [5.41, 5.74) is 7.35. The summed E-state index contributed by atoms with van der Waals surface area (Å²) in [4.78, 5) is 11.5. The Morgan fingerprint density at radius 3 is 3.06 bits per heavy atom. The summed E-state index contributed by atoms with van der Waals surface area (Å²) in [6, 6.07) is 7.29. The van der Waals surface area contributed by atoms with Crippen molar-refractivity contribution in [2.24, 2.45) is 0 Å². The third kappa shape index (κ3) is 3.92. The van der Waals surface area contributed by atoms with Crippen LogP contribution < -0.4 is 16.4 Å². The van der Waals surface area contributed by atoms with Crippen molar-refractivity contribution >= 4 is 11.7 Å². The molecular formula is C13H19N3O2. The average Bonchev–Trinajstić information content (AvgIpc) is 2.87. The predicted molar refractivity (Wildman–Crippen MR) is 70.1 cm³/mol. The van der Waals surface area contributed by atoms with Crippen LogP contribution in [0.3, 0.4) is 0 Å². The number of urea groups is 1. The van der Waals surface area contributed by atoms with E-state index in [0.29, 0.717) is 18.8 Å². The summed E-state index contributed by atoms with van der Waals surface area (Å²) in [5, 5.41) is 5.59. The number of hydrogen-bond acceptors (Lipinski definition) is 3. The quantitative estimate of drug-likeness (QED) is 0.703. The summed E-state index contributed by atoms with van der Waals surface area (Å²) in [6.07, 6.45) is 2.27. The fourth-order valence-corrected chi connectivity index (χ4v) is 1.96. The molecule has 4 N–H and O–H groups in total. The summed E-state index contributed by atoms with van der Waals surface area (Å²) >= 11 is 0. The second-order valence-corrected chi connectivity index (χ2v) is 4.44. The van der Waals surface area contributed by atoms with E-state index in [1.54, 1.807) is 0 Å². The number of nitrogens with two attached hydrogens (primary N) is 1. The van der Waals surface area contributed by atoms with Crippen molar-refractivity contribution < 1.29 is 9.53 Å². The molecule has 2 amide bonds. The SMILES string of the molecule is Nc1cccc(CNC(=O)NCC2CCCO2)c1. The topological polar surface area (TPSA) is 76.4 Å². The van der Waals surface area contributed by atoms with Crippen molar-refractivity contribution in [3.8, 4) is 0 Å². The molecule has 1 saturated heterocycles. The third-order valence-corrected chi connectivity index (χ3v) is 2.92. The van der Waals surface area contributed by atoms with Gasteiger partial charge in [-0.15, -0.1) is 0 Å². The van der Waals surface area contributed by atoms with Gasteiger partial charge in [-0.25, -0.2) is 4.79 Å². The number of anilines is 1. The van der Waals surface area contributed by atoms with Crippen LogP contribution in [0.5, 0.6) is 0 Å². The molecule has 1 unspecified atom stereocenters. The lowest BCUT2D eigenvalue weighted by Crippen LogP contribution is -2.39. The molecule has 1 aromatic carbocycles. The fraction of sp³-hybridized carbons (Fsp3) is 0.462. The summed E-state index contributed by atoms with van der Waals surface area (Å²) in [7, 11) is 0. The van der Waals surface area contributed by atoms with Gasteiger partial charge in [-0.2, -0.15) is 0 Å². The van der Waals surface area contributed by atoms with Gasteiger partial charge in [-0.1, -0.05) is 12.1 Å². The second kappa shape index (κ2) is 6.26. The molecule has 1 aromatic rings. The Bertz CT molecular complexity index is 403. The molecule has 0 spiro atoms. The molecular weight excluding hydrogens is 230 g/mol. The van der Waals surface area contributed by atoms with Gasteiger partial charge in [0.05, 0.1) is 6.10 Å². The standard InChI is InChI=1S/C13H19N3O2/c14-11-4-1-3-10(7-11)8-15-13(17)16-9-12-5-2-6-18-12/h1,3-4,7,12H,2,5-6,8-9,14H2,(H2,15,16,17). The van der Waals surface area contributed by atoms with E-state index < -0.39 is 0 Å². The molecule has 1 aliphatic heterocycles. The van der Waals surface area contributed by atoms with Crippen LogP contribution in [0.15, 0.2) is 24.3 Å². The molecule has 18 heavy (non-hydrogen) atoms. The van der Waals surface area contributed by atoms with Crippen molar-refractivity contribution in [2.45, 2.75) is 25.5 Å². The summed E-state index contributed by atoms with van der Waals surface area (Å²) in [5.74, 6) is 0. The highest BCUT2D eigenvalue weighted by molar-refractivity contribution is 5.73. The lowest BCUT2D eigenvalue weighted by molar-refractivity contribution is 0.111. The van der Waals surface area contributed by atoms with E-state index >= 15 is 0 Å². The Kier molecular flexibility index (Phi) is 4.41. The molecule has 1 fully saturated rings. The van der Waals surface area contributed by atoms with Crippen LogP contribution in [0.2, 0.25) is 0 Å². The highest BCUT2D eigenvalue weighted by Crippen LogP contribution is 2.10. The normalized spacial score (nSPS) is 18.6. The monoisotopic (exact) mass is 249 g/mol. The van der Waals surface area contributed by atoms with Gasteiger partial charge in [0.2, 0.25) is 0 Å². The van der Waals surface area contributed by atoms with Gasteiger partial charge >= 0.3 is 6.03 Å². The van der Waals surface area contributed by atoms with Crippen LogP contribution in [0.1, 0.15) is 18.4 Å². The second-order valence-electron chi connectivity index (χ2n) is 4.44. The Hall–Kier alpha value is -1.75. The molecule has 5 nitrogen and oxygen atoms in total. The maximum atomic E-state index is 11.5. The Morgan fingerprint density at radius 1 is 1.44 bits per heavy atom. The van der Waals surface area contributed by atoms with Crippen LogP contribution in [-0.4, -0.2) is 25.3 Å². The zero-order valence-corrected chi connectivity index (χ0v) is 10.3. The minimum absolute atomic E-state index is 0.170. The largest absolute Gasteiger partial charge is 0.399 e. The number of hydrogen-bond donors (Lipinski definition) is 3. The summed E-state index contributed by atoms with van der Waals surface area (Å²) < 4.78 is 5.42. The number of carbonyl (C=O) groups is 1. The molecule has 1 heterocycles. The minimum atomic E-state index is -0.173. The lowest BCUT2D eigenvalue weighted by atomic mass is 10.2. The maximum absolute atomic E-state index is 11.5. The van der Waals surface area contributed by atoms with E-state index in [4.69, 9.17) is 10.5 Å². The van der Waals surface area contributed by atoms with Gasteiger partial charge in [-0.3, -0.25) is 0 Å². The average molecular weight is 249 g/mol. The lowest BCUT2D eigenvalue weighted by Gasteiger charge is -2.11. The van der Waals surface area contributed by atoms with Gasteiger partial charge in [0.15, 0.2) is 0 Å². The smallest absolute Gasteiger partial charge is 0.315 e. The number of benzene rings is 1. The molecule has 0 aromatic heterocycles. The van der Waals surface area contributed by atoms with Crippen LogP contribution in [-0.2, 0) is 11.3 Å². The van der Waals surface area contributed by atoms with Crippen molar-refractivity contribution in [1.29, 1.82) is 0 Å². The van der Waals surface area contributed by atoms with Gasteiger partial charge < -0.3 is 21.1 Å². The number of nitrogen functional groups attached to an aromatic ring is 1. The molecule has 98 valence electrons. The molecule has 1 aliphatic rings. The predicted octanol–water partition coefficient (Wildman–Crippen LogP) is 1.25. The molecule has 0 saturated carbocycles. The molecule has 1 atom stereocenters. The van der Waals surface area contributed by atoms with Crippen molar-refractivity contribution in [3.05, 3.63) is 29.8 Å². The van der Waals surface area contributed by atoms with Gasteiger partial charge in [0, 0.05) is 25.4 Å². The molecule has 0 aliphatic carbocycles. The first kappa shape index (κ1) is 12.7. The van der Waals surface area contributed by atoms with Crippen LogP contribution in [0.4, 0.5) is 10.5 Å². The summed E-state index contributed by atoms with van der Waals surface area (Å²) in [6.45, 7) is 1.85. The Labute approximate surface area is 107 Å². The number of nitrogens with one attached hydrogen (secondary N) is 2. The number of rotatable bonds is 4. The van der Waals surface area contributed by atoms with Crippen LogP contribution >= 0.6 is 0 Å². The first-order valence-electron chi connectivity index (χ1n) is 6.22. The number of ether oxygens (including phenoxy) is 1. The van der Waals surface area contributed by atoms with E-state index in [1.807, 2.05) is 24.3 Å². The van der Waals surface area contributed by atoms with E-state index in [9.17, 15) is 4.79 Å². The molecule has 2 rings (SSSR count). The fourth-order valence-electron chi connectivity index (χ4n) is 1.96. The first-order chi connectivity index (χ1) is 8.74. The van der Waals surface area contributed by atoms with E-state index in [1.165, 1.54) is 0 Å². The Morgan fingerprint density at radius 2 is 2.33 bits per heavy atom. The van der Waals surface area contributed by atoms with Gasteiger partial charge in [0.25, 0.3) is 0 Å². The number of carbonyl (C=O) groups excluding carboxylic acids is 1. The van der Waals surface area contributed by atoms with Crippen molar-refractivity contribution in [2.75, 3.05) is 18.9 Å². The van der Waals surface area contributed by atoms with E-state index in [2.05, 4.69) is 10.6 Å². The first-order valence-corrected chi connectivity index (χ1v) is 6.22. The van der Waals surface area contributed by atoms with Gasteiger partial charge in [0.1, 0.15) is 0 Å². The number of amides is 2. The van der Waals surface area contributed by atoms with Gasteiger partial charge in [-0.05, 0) is 30.5 Å². The Balaban J connectivity index is 1.68. The molecule has 5 heteroatoms. The zero-order valence-electron chi connectivity index (χ0n) is 10.3. The van der Waals surface area contributed by atoms with Crippen molar-refractivity contribution in [3.63, 3.8) is 0 Å².